The number of ketones is 1. The molecule has 0 amide bonds. The van der Waals surface area contributed by atoms with E-state index in [0.717, 1.165) is 18.4 Å². The van der Waals surface area contributed by atoms with E-state index in [0.29, 0.717) is 25.7 Å². The van der Waals surface area contributed by atoms with Gasteiger partial charge in [0.1, 0.15) is 11.2 Å². The molecule has 2 rings (SSSR count). The SMILES string of the molecule is O=C(O)C1(CCc2ccncc2)CCCCC1=O. The fourth-order valence-electron chi connectivity index (χ4n) is 2.60. The molecule has 96 valence electrons. The van der Waals surface area contributed by atoms with Crippen molar-refractivity contribution in [3.63, 3.8) is 0 Å². The summed E-state index contributed by atoms with van der Waals surface area (Å²) in [6.07, 6.45) is 6.91. The highest BCUT2D eigenvalue weighted by molar-refractivity contribution is 6.03. The maximum atomic E-state index is 12.0. The molecule has 0 aliphatic heterocycles. The van der Waals surface area contributed by atoms with Crippen molar-refractivity contribution in [2.45, 2.75) is 38.5 Å². The van der Waals surface area contributed by atoms with Gasteiger partial charge in [-0.15, -0.1) is 0 Å². The van der Waals surface area contributed by atoms with Gasteiger partial charge in [0.15, 0.2) is 0 Å². The summed E-state index contributed by atoms with van der Waals surface area (Å²) < 4.78 is 0. The number of carbonyl (C=O) groups excluding carboxylic acids is 1. The summed E-state index contributed by atoms with van der Waals surface area (Å²) >= 11 is 0. The van der Waals surface area contributed by atoms with E-state index < -0.39 is 11.4 Å². The zero-order chi connectivity index (χ0) is 13.0. The molecule has 0 aromatic carbocycles. The third-order valence-electron chi connectivity index (χ3n) is 3.79. The minimum absolute atomic E-state index is 0.102. The molecule has 1 aromatic rings. The number of hydrogen-bond donors (Lipinski definition) is 1. The fraction of sp³-hybridized carbons (Fsp3) is 0.500. The number of carboxylic acid groups (broad SMARTS) is 1. The molecule has 1 N–H and O–H groups in total. The molecule has 1 aliphatic carbocycles. The Morgan fingerprint density at radius 2 is 2.06 bits per heavy atom. The Balaban J connectivity index is 2.12. The van der Waals surface area contributed by atoms with Crippen LogP contribution in [0.1, 0.15) is 37.7 Å². The van der Waals surface area contributed by atoms with Gasteiger partial charge < -0.3 is 5.11 Å². The molecule has 1 fully saturated rings. The van der Waals surface area contributed by atoms with E-state index in [1.807, 2.05) is 12.1 Å². The molecule has 4 heteroatoms. The second-order valence-electron chi connectivity index (χ2n) is 4.87. The number of aromatic nitrogens is 1. The van der Waals surface area contributed by atoms with Gasteiger partial charge in [0.25, 0.3) is 0 Å². The monoisotopic (exact) mass is 247 g/mol. The third-order valence-corrected chi connectivity index (χ3v) is 3.79. The zero-order valence-corrected chi connectivity index (χ0v) is 10.3. The van der Waals surface area contributed by atoms with Crippen molar-refractivity contribution >= 4 is 11.8 Å². The summed E-state index contributed by atoms with van der Waals surface area (Å²) in [5.74, 6) is -1.06. The Labute approximate surface area is 106 Å². The van der Waals surface area contributed by atoms with Crippen LogP contribution in [0, 0.1) is 5.41 Å². The van der Waals surface area contributed by atoms with Crippen LogP contribution in [0.5, 0.6) is 0 Å². The Bertz CT molecular complexity index is 444. The van der Waals surface area contributed by atoms with Gasteiger partial charge >= 0.3 is 5.97 Å². The van der Waals surface area contributed by atoms with Gasteiger partial charge in [-0.2, -0.15) is 0 Å². The Morgan fingerprint density at radius 3 is 2.67 bits per heavy atom. The van der Waals surface area contributed by atoms with Crippen molar-refractivity contribution in [2.24, 2.45) is 5.41 Å². The lowest BCUT2D eigenvalue weighted by Gasteiger charge is -2.31. The highest BCUT2D eigenvalue weighted by atomic mass is 16.4. The van der Waals surface area contributed by atoms with Crippen LogP contribution in [0.3, 0.4) is 0 Å². The van der Waals surface area contributed by atoms with Crippen LogP contribution in [0.2, 0.25) is 0 Å². The molecule has 0 radical (unpaired) electrons. The molecular formula is C14H17NO3. The molecule has 0 spiro atoms. The lowest BCUT2D eigenvalue weighted by atomic mass is 9.70. The maximum absolute atomic E-state index is 12.0. The first kappa shape index (κ1) is 12.7. The molecule has 1 heterocycles. The number of rotatable bonds is 4. The molecule has 0 saturated heterocycles. The van der Waals surface area contributed by atoms with E-state index >= 15 is 0 Å². The zero-order valence-electron chi connectivity index (χ0n) is 10.3. The van der Waals surface area contributed by atoms with E-state index in [-0.39, 0.29) is 5.78 Å². The van der Waals surface area contributed by atoms with E-state index in [2.05, 4.69) is 4.98 Å². The number of hydrogen-bond acceptors (Lipinski definition) is 3. The van der Waals surface area contributed by atoms with Gasteiger partial charge in [-0.25, -0.2) is 0 Å². The normalized spacial score (nSPS) is 23.9. The first-order chi connectivity index (χ1) is 8.65. The van der Waals surface area contributed by atoms with Crippen LogP contribution in [0.15, 0.2) is 24.5 Å². The molecule has 1 atom stereocenters. The van der Waals surface area contributed by atoms with Crippen molar-refractivity contribution < 1.29 is 14.7 Å². The Kier molecular flexibility index (Phi) is 3.75. The number of nitrogens with zero attached hydrogens (tertiary/aromatic N) is 1. The fourth-order valence-corrected chi connectivity index (χ4v) is 2.60. The maximum Gasteiger partial charge on any atom is 0.317 e. The highest BCUT2D eigenvalue weighted by Crippen LogP contribution is 2.37. The van der Waals surface area contributed by atoms with Crippen LogP contribution in [-0.4, -0.2) is 21.8 Å². The van der Waals surface area contributed by atoms with Crippen LogP contribution < -0.4 is 0 Å². The van der Waals surface area contributed by atoms with Crippen molar-refractivity contribution in [3.8, 4) is 0 Å². The summed E-state index contributed by atoms with van der Waals surface area (Å²) in [4.78, 5) is 27.4. The van der Waals surface area contributed by atoms with Crippen LogP contribution in [0.4, 0.5) is 0 Å². The van der Waals surface area contributed by atoms with E-state index in [4.69, 9.17) is 0 Å². The highest BCUT2D eigenvalue weighted by Gasteiger charge is 2.46. The molecule has 0 bridgehead atoms. The average molecular weight is 247 g/mol. The summed E-state index contributed by atoms with van der Waals surface area (Å²) in [5.41, 5.74) is -0.120. The summed E-state index contributed by atoms with van der Waals surface area (Å²) in [6, 6.07) is 3.73. The van der Waals surface area contributed by atoms with Gasteiger partial charge in [-0.05, 0) is 43.4 Å². The number of aryl methyl sites for hydroxylation is 1. The molecular weight excluding hydrogens is 230 g/mol. The van der Waals surface area contributed by atoms with Gasteiger partial charge in [-0.1, -0.05) is 6.42 Å². The van der Waals surface area contributed by atoms with E-state index in [1.165, 1.54) is 0 Å². The van der Waals surface area contributed by atoms with E-state index in [9.17, 15) is 14.7 Å². The minimum atomic E-state index is -1.15. The topological polar surface area (TPSA) is 67.3 Å². The predicted octanol–water partition coefficient (Wildman–Crippen LogP) is 2.23. The van der Waals surface area contributed by atoms with Crippen LogP contribution in [-0.2, 0) is 16.0 Å². The first-order valence-electron chi connectivity index (χ1n) is 6.31. The lowest BCUT2D eigenvalue weighted by molar-refractivity contribution is -0.157. The lowest BCUT2D eigenvalue weighted by Crippen LogP contribution is -2.42. The van der Waals surface area contributed by atoms with Crippen LogP contribution >= 0.6 is 0 Å². The Morgan fingerprint density at radius 1 is 1.33 bits per heavy atom. The van der Waals surface area contributed by atoms with Crippen molar-refractivity contribution in [2.75, 3.05) is 0 Å². The number of carbonyl (C=O) groups is 2. The van der Waals surface area contributed by atoms with Crippen molar-refractivity contribution in [3.05, 3.63) is 30.1 Å². The molecule has 1 aliphatic rings. The summed E-state index contributed by atoms with van der Waals surface area (Å²) in [7, 11) is 0. The second kappa shape index (κ2) is 5.29. The number of pyridine rings is 1. The smallest absolute Gasteiger partial charge is 0.317 e. The van der Waals surface area contributed by atoms with Crippen LogP contribution in [0.25, 0.3) is 0 Å². The van der Waals surface area contributed by atoms with Crippen molar-refractivity contribution in [1.29, 1.82) is 0 Å². The predicted molar refractivity (Wildman–Crippen MR) is 66.1 cm³/mol. The molecule has 18 heavy (non-hydrogen) atoms. The largest absolute Gasteiger partial charge is 0.480 e. The number of Topliss-reactive ketones (excluding diaryl/α,β-unsaturated/α-hetero) is 1. The summed E-state index contributed by atoms with van der Waals surface area (Å²) in [5, 5.41) is 9.40. The minimum Gasteiger partial charge on any atom is -0.480 e. The molecule has 1 aromatic heterocycles. The Hall–Kier alpha value is -1.71. The number of carboxylic acids is 1. The molecule has 4 nitrogen and oxygen atoms in total. The first-order valence-corrected chi connectivity index (χ1v) is 6.31. The second-order valence-corrected chi connectivity index (χ2v) is 4.87. The standard InChI is InChI=1S/C14H17NO3/c16-12-3-1-2-7-14(12,13(17)18)8-4-11-5-9-15-10-6-11/h5-6,9-10H,1-4,7-8H2,(H,17,18). The quantitative estimate of drug-likeness (QED) is 0.828. The van der Waals surface area contributed by atoms with Crippen molar-refractivity contribution in [1.82, 2.24) is 4.98 Å². The average Bonchev–Trinajstić information content (AvgIpc) is 2.39. The number of aliphatic carboxylic acids is 1. The van der Waals surface area contributed by atoms with Gasteiger partial charge in [0.2, 0.25) is 0 Å². The summed E-state index contributed by atoms with van der Waals surface area (Å²) in [6.45, 7) is 0. The van der Waals surface area contributed by atoms with Gasteiger partial charge in [-0.3, -0.25) is 14.6 Å². The van der Waals surface area contributed by atoms with Gasteiger partial charge in [0, 0.05) is 18.8 Å². The van der Waals surface area contributed by atoms with Gasteiger partial charge in [0.05, 0.1) is 0 Å². The van der Waals surface area contributed by atoms with E-state index in [1.54, 1.807) is 12.4 Å². The molecule has 1 unspecified atom stereocenters. The molecule has 1 saturated carbocycles. The third kappa shape index (κ3) is 2.42.